The van der Waals surface area contributed by atoms with E-state index in [1.807, 2.05) is 31.2 Å². The lowest BCUT2D eigenvalue weighted by atomic mass is 10.2. The molecule has 3 aromatic rings. The van der Waals surface area contributed by atoms with Gasteiger partial charge >= 0.3 is 10.1 Å². The summed E-state index contributed by atoms with van der Waals surface area (Å²) in [7, 11) is -3.87. The smallest absolute Gasteiger partial charge is 0.339 e. The topological polar surface area (TPSA) is 55.7 Å². The first-order chi connectivity index (χ1) is 12.5. The van der Waals surface area contributed by atoms with Crippen molar-refractivity contribution in [1.29, 1.82) is 0 Å². The fourth-order valence-electron chi connectivity index (χ4n) is 2.27. The number of hydrogen-bond acceptors (Lipinski definition) is 4. The third kappa shape index (κ3) is 4.39. The molecule has 0 fully saturated rings. The van der Waals surface area contributed by atoms with Gasteiger partial charge in [0.1, 0.15) is 4.90 Å². The minimum atomic E-state index is -3.87. The number of halogens is 1. The lowest BCUT2D eigenvalue weighted by Gasteiger charge is -2.09. The van der Waals surface area contributed by atoms with Gasteiger partial charge in [-0.1, -0.05) is 36.4 Å². The molecule has 0 aliphatic rings. The van der Waals surface area contributed by atoms with E-state index in [2.05, 4.69) is 20.9 Å². The van der Waals surface area contributed by atoms with Gasteiger partial charge in [-0.05, 0) is 70.4 Å². The standard InChI is InChI=1S/C20H16BrNO3S/c1-15-7-5-6-10-19(15)22-14-16-11-12-20(18(21)13-16)25-26(23,24)17-8-3-2-4-9-17/h2-14H,1H3. The summed E-state index contributed by atoms with van der Waals surface area (Å²) < 4.78 is 30.4. The van der Waals surface area contributed by atoms with Gasteiger partial charge in [0.25, 0.3) is 0 Å². The molecule has 26 heavy (non-hydrogen) atoms. The van der Waals surface area contributed by atoms with Crippen molar-refractivity contribution in [2.45, 2.75) is 11.8 Å². The molecule has 3 rings (SSSR count). The number of benzene rings is 3. The molecule has 3 aromatic carbocycles. The molecule has 0 N–H and O–H groups in total. The molecule has 0 bridgehead atoms. The Labute approximate surface area is 161 Å². The van der Waals surface area contributed by atoms with Crippen LogP contribution in [-0.4, -0.2) is 14.6 Å². The van der Waals surface area contributed by atoms with E-state index in [0.29, 0.717) is 4.47 Å². The van der Waals surface area contributed by atoms with E-state index in [0.717, 1.165) is 16.8 Å². The fraction of sp³-hybridized carbons (Fsp3) is 0.0500. The highest BCUT2D eigenvalue weighted by atomic mass is 79.9. The third-order valence-electron chi connectivity index (χ3n) is 3.66. The second-order valence-electron chi connectivity index (χ2n) is 5.59. The molecule has 0 aromatic heterocycles. The molecule has 0 unspecified atom stereocenters. The van der Waals surface area contributed by atoms with E-state index in [4.69, 9.17) is 4.18 Å². The molecule has 0 atom stereocenters. The quantitative estimate of drug-likeness (QED) is 0.409. The van der Waals surface area contributed by atoms with Crippen LogP contribution in [0.25, 0.3) is 0 Å². The summed E-state index contributed by atoms with van der Waals surface area (Å²) in [6.07, 6.45) is 1.72. The summed E-state index contributed by atoms with van der Waals surface area (Å²) >= 11 is 3.36. The van der Waals surface area contributed by atoms with Gasteiger partial charge in [0, 0.05) is 6.21 Å². The van der Waals surface area contributed by atoms with Crippen LogP contribution in [0.2, 0.25) is 0 Å². The molecule has 0 saturated carbocycles. The molecular weight excluding hydrogens is 414 g/mol. The SMILES string of the molecule is Cc1ccccc1N=Cc1ccc(OS(=O)(=O)c2ccccc2)c(Br)c1. The van der Waals surface area contributed by atoms with Crippen LogP contribution in [0.1, 0.15) is 11.1 Å². The number of rotatable bonds is 5. The minimum absolute atomic E-state index is 0.108. The molecule has 4 nitrogen and oxygen atoms in total. The van der Waals surface area contributed by atoms with E-state index in [1.165, 1.54) is 12.1 Å². The molecule has 0 saturated heterocycles. The van der Waals surface area contributed by atoms with Crippen molar-refractivity contribution < 1.29 is 12.6 Å². The Morgan fingerprint density at radius 3 is 2.35 bits per heavy atom. The Bertz CT molecular complexity index is 1050. The lowest BCUT2D eigenvalue weighted by Crippen LogP contribution is -2.09. The van der Waals surface area contributed by atoms with Crippen molar-refractivity contribution in [2.75, 3.05) is 0 Å². The number of nitrogens with zero attached hydrogens (tertiary/aromatic N) is 1. The van der Waals surface area contributed by atoms with Gasteiger partial charge in [-0.2, -0.15) is 8.42 Å². The lowest BCUT2D eigenvalue weighted by molar-refractivity contribution is 0.484. The summed E-state index contributed by atoms with van der Waals surface area (Å²) in [5.74, 6) is 0.224. The van der Waals surface area contributed by atoms with E-state index < -0.39 is 10.1 Å². The van der Waals surface area contributed by atoms with E-state index in [9.17, 15) is 8.42 Å². The number of aliphatic imine (C=N–C) groups is 1. The largest absolute Gasteiger partial charge is 0.378 e. The first-order valence-corrected chi connectivity index (χ1v) is 10.0. The van der Waals surface area contributed by atoms with Crippen molar-refractivity contribution in [1.82, 2.24) is 0 Å². The van der Waals surface area contributed by atoms with E-state index in [1.54, 1.807) is 42.6 Å². The monoisotopic (exact) mass is 429 g/mol. The summed E-state index contributed by atoms with van der Waals surface area (Å²) in [6.45, 7) is 1.99. The molecule has 132 valence electrons. The Morgan fingerprint density at radius 1 is 0.962 bits per heavy atom. The minimum Gasteiger partial charge on any atom is -0.378 e. The zero-order chi connectivity index (χ0) is 18.6. The Hall–Kier alpha value is -2.44. The maximum Gasteiger partial charge on any atom is 0.339 e. The van der Waals surface area contributed by atoms with Crippen LogP contribution in [0.3, 0.4) is 0 Å². The van der Waals surface area contributed by atoms with Crippen molar-refractivity contribution in [3.8, 4) is 5.75 Å². The maximum absolute atomic E-state index is 12.3. The summed E-state index contributed by atoms with van der Waals surface area (Å²) in [4.78, 5) is 4.57. The number of para-hydroxylation sites is 1. The Morgan fingerprint density at radius 2 is 1.65 bits per heavy atom. The molecular formula is C20H16BrNO3S. The zero-order valence-corrected chi connectivity index (χ0v) is 16.4. The van der Waals surface area contributed by atoms with E-state index >= 15 is 0 Å². The van der Waals surface area contributed by atoms with Crippen molar-refractivity contribution in [3.05, 3.63) is 88.4 Å². The maximum atomic E-state index is 12.3. The van der Waals surface area contributed by atoms with Crippen molar-refractivity contribution >= 4 is 38.0 Å². The molecule has 0 radical (unpaired) electrons. The van der Waals surface area contributed by atoms with Crippen LogP contribution in [0.5, 0.6) is 5.75 Å². The van der Waals surface area contributed by atoms with Crippen LogP contribution >= 0.6 is 15.9 Å². The van der Waals surface area contributed by atoms with Crippen LogP contribution in [-0.2, 0) is 10.1 Å². The Kier molecular flexibility index (Phi) is 5.54. The molecule has 0 aliphatic heterocycles. The molecule has 0 aliphatic carbocycles. The number of aryl methyl sites for hydroxylation is 1. The van der Waals surface area contributed by atoms with Crippen molar-refractivity contribution in [2.24, 2.45) is 4.99 Å². The van der Waals surface area contributed by atoms with Gasteiger partial charge in [0.2, 0.25) is 0 Å². The molecule has 0 amide bonds. The van der Waals surface area contributed by atoms with Crippen LogP contribution < -0.4 is 4.18 Å². The van der Waals surface area contributed by atoms with E-state index in [-0.39, 0.29) is 10.6 Å². The zero-order valence-electron chi connectivity index (χ0n) is 14.0. The van der Waals surface area contributed by atoms with Crippen LogP contribution in [0.4, 0.5) is 5.69 Å². The second-order valence-corrected chi connectivity index (χ2v) is 7.99. The highest BCUT2D eigenvalue weighted by Crippen LogP contribution is 2.29. The summed E-state index contributed by atoms with van der Waals surface area (Å²) in [6, 6.07) is 21.0. The average molecular weight is 430 g/mol. The van der Waals surface area contributed by atoms with Crippen molar-refractivity contribution in [3.63, 3.8) is 0 Å². The average Bonchev–Trinajstić information content (AvgIpc) is 2.64. The van der Waals surface area contributed by atoms with Gasteiger partial charge < -0.3 is 4.18 Å². The summed E-state index contributed by atoms with van der Waals surface area (Å²) in [5.41, 5.74) is 2.79. The second kappa shape index (κ2) is 7.85. The number of hydrogen-bond donors (Lipinski definition) is 0. The first kappa shape index (κ1) is 18.4. The van der Waals surface area contributed by atoms with Gasteiger partial charge in [-0.15, -0.1) is 0 Å². The first-order valence-electron chi connectivity index (χ1n) is 7.84. The highest BCUT2D eigenvalue weighted by Gasteiger charge is 2.17. The van der Waals surface area contributed by atoms with Gasteiger partial charge in [0.05, 0.1) is 10.2 Å². The highest BCUT2D eigenvalue weighted by molar-refractivity contribution is 9.10. The molecule has 0 heterocycles. The molecule has 6 heteroatoms. The predicted octanol–water partition coefficient (Wildman–Crippen LogP) is 5.28. The van der Waals surface area contributed by atoms with Gasteiger partial charge in [-0.3, -0.25) is 4.99 Å². The normalized spacial score (nSPS) is 11.6. The fourth-order valence-corrected chi connectivity index (χ4v) is 3.82. The van der Waals surface area contributed by atoms with Crippen LogP contribution in [0.15, 0.2) is 87.2 Å². The molecule has 0 spiro atoms. The van der Waals surface area contributed by atoms with Crippen LogP contribution in [0, 0.1) is 6.92 Å². The van der Waals surface area contributed by atoms with Gasteiger partial charge in [0.15, 0.2) is 5.75 Å². The predicted molar refractivity (Wildman–Crippen MR) is 107 cm³/mol. The Balaban J connectivity index is 1.81. The third-order valence-corrected chi connectivity index (χ3v) is 5.52. The summed E-state index contributed by atoms with van der Waals surface area (Å²) in [5, 5.41) is 0. The van der Waals surface area contributed by atoms with Gasteiger partial charge in [-0.25, -0.2) is 0 Å².